The normalized spacial score (nSPS) is 9.78. The topological polar surface area (TPSA) is 56.0 Å². The van der Waals surface area contributed by atoms with Crippen molar-refractivity contribution in [2.24, 2.45) is 0 Å². The Morgan fingerprint density at radius 2 is 2.06 bits per heavy atom. The van der Waals surface area contributed by atoms with Crippen LogP contribution in [0.2, 0.25) is 5.02 Å². The summed E-state index contributed by atoms with van der Waals surface area (Å²) in [5, 5.41) is 22.2. The fraction of sp³-hybridized carbons (Fsp3) is 0.0714. The van der Waals surface area contributed by atoms with E-state index >= 15 is 0 Å². The Kier molecular flexibility index (Phi) is 3.71. The second-order valence-electron chi connectivity index (χ2n) is 3.82. The monoisotopic (exact) mass is 258 g/mol. The van der Waals surface area contributed by atoms with E-state index in [1.807, 2.05) is 6.07 Å². The van der Waals surface area contributed by atoms with Gasteiger partial charge in [-0.2, -0.15) is 5.26 Å². The lowest BCUT2D eigenvalue weighted by Gasteiger charge is -2.08. The van der Waals surface area contributed by atoms with E-state index in [0.29, 0.717) is 22.7 Å². The van der Waals surface area contributed by atoms with Gasteiger partial charge in [-0.05, 0) is 36.4 Å². The van der Waals surface area contributed by atoms with Crippen LogP contribution >= 0.6 is 11.6 Å². The molecule has 0 bridgehead atoms. The van der Waals surface area contributed by atoms with Gasteiger partial charge in [0.2, 0.25) is 0 Å². The number of anilines is 1. The number of hydrogen-bond donors (Lipinski definition) is 2. The Morgan fingerprint density at radius 1 is 1.22 bits per heavy atom. The molecule has 0 radical (unpaired) electrons. The van der Waals surface area contributed by atoms with Crippen LogP contribution in [0.25, 0.3) is 0 Å². The van der Waals surface area contributed by atoms with Gasteiger partial charge in [-0.25, -0.2) is 0 Å². The molecule has 4 heteroatoms. The van der Waals surface area contributed by atoms with Gasteiger partial charge < -0.3 is 10.4 Å². The van der Waals surface area contributed by atoms with Crippen molar-refractivity contribution in [3.05, 3.63) is 58.6 Å². The molecule has 0 aliphatic heterocycles. The smallest absolute Gasteiger partial charge is 0.120 e. The van der Waals surface area contributed by atoms with Crippen molar-refractivity contribution < 1.29 is 5.11 Å². The largest absolute Gasteiger partial charge is 0.508 e. The number of phenols is 1. The first-order chi connectivity index (χ1) is 8.69. The van der Waals surface area contributed by atoms with E-state index in [9.17, 15) is 5.11 Å². The van der Waals surface area contributed by atoms with Crippen molar-refractivity contribution in [2.45, 2.75) is 6.54 Å². The van der Waals surface area contributed by atoms with Crippen LogP contribution in [-0.4, -0.2) is 5.11 Å². The van der Waals surface area contributed by atoms with Crippen LogP contribution < -0.4 is 5.32 Å². The highest BCUT2D eigenvalue weighted by atomic mass is 35.5. The van der Waals surface area contributed by atoms with Crippen molar-refractivity contribution in [3.8, 4) is 11.8 Å². The van der Waals surface area contributed by atoms with Gasteiger partial charge in [0.05, 0.1) is 11.6 Å². The third-order valence-electron chi connectivity index (χ3n) is 2.52. The summed E-state index contributed by atoms with van der Waals surface area (Å²) in [5.41, 5.74) is 2.13. The van der Waals surface area contributed by atoms with Crippen molar-refractivity contribution in [2.75, 3.05) is 5.32 Å². The van der Waals surface area contributed by atoms with Gasteiger partial charge in [0.1, 0.15) is 5.75 Å². The summed E-state index contributed by atoms with van der Waals surface area (Å²) in [4.78, 5) is 0. The zero-order chi connectivity index (χ0) is 13.0. The summed E-state index contributed by atoms with van der Waals surface area (Å²) in [6, 6.07) is 14.1. The molecular weight excluding hydrogens is 248 g/mol. The summed E-state index contributed by atoms with van der Waals surface area (Å²) in [5.74, 6) is 0.198. The zero-order valence-corrected chi connectivity index (χ0v) is 10.3. The van der Waals surface area contributed by atoms with E-state index < -0.39 is 0 Å². The van der Waals surface area contributed by atoms with E-state index in [4.69, 9.17) is 16.9 Å². The maximum absolute atomic E-state index is 9.66. The van der Waals surface area contributed by atoms with E-state index in [1.54, 1.807) is 36.4 Å². The summed E-state index contributed by atoms with van der Waals surface area (Å²) < 4.78 is 0. The molecule has 0 saturated carbocycles. The fourth-order valence-corrected chi connectivity index (χ4v) is 1.79. The van der Waals surface area contributed by atoms with Crippen molar-refractivity contribution in [3.63, 3.8) is 0 Å². The molecular formula is C14H11ClN2O. The van der Waals surface area contributed by atoms with Gasteiger partial charge in [-0.1, -0.05) is 17.7 Å². The lowest BCUT2D eigenvalue weighted by molar-refractivity contribution is 0.469. The summed E-state index contributed by atoms with van der Waals surface area (Å²) in [6.07, 6.45) is 0. The maximum Gasteiger partial charge on any atom is 0.120 e. The number of nitrogens with one attached hydrogen (secondary N) is 1. The third kappa shape index (κ3) is 2.93. The Labute approximate surface area is 110 Å². The number of nitrogens with zero attached hydrogens (tertiary/aromatic N) is 1. The summed E-state index contributed by atoms with van der Waals surface area (Å²) >= 11 is 5.86. The molecule has 0 amide bonds. The van der Waals surface area contributed by atoms with E-state index in [0.717, 1.165) is 5.69 Å². The molecule has 3 nitrogen and oxygen atoms in total. The number of hydrogen-bond acceptors (Lipinski definition) is 3. The maximum atomic E-state index is 9.66. The predicted octanol–water partition coefficient (Wildman–Crippen LogP) is 3.53. The molecule has 0 saturated heterocycles. The van der Waals surface area contributed by atoms with Crippen LogP contribution in [0.4, 0.5) is 5.69 Å². The average molecular weight is 259 g/mol. The van der Waals surface area contributed by atoms with Gasteiger partial charge in [0.15, 0.2) is 0 Å². The summed E-state index contributed by atoms with van der Waals surface area (Å²) in [7, 11) is 0. The van der Waals surface area contributed by atoms with Crippen molar-refractivity contribution in [1.29, 1.82) is 5.26 Å². The van der Waals surface area contributed by atoms with Crippen molar-refractivity contribution >= 4 is 17.3 Å². The molecule has 0 spiro atoms. The minimum atomic E-state index is 0.198. The number of rotatable bonds is 3. The van der Waals surface area contributed by atoms with E-state index in [1.165, 1.54) is 0 Å². The van der Waals surface area contributed by atoms with Crippen LogP contribution in [0.3, 0.4) is 0 Å². The molecule has 0 atom stereocenters. The minimum Gasteiger partial charge on any atom is -0.508 e. The lowest BCUT2D eigenvalue weighted by Crippen LogP contribution is -1.99. The third-order valence-corrected chi connectivity index (χ3v) is 2.75. The van der Waals surface area contributed by atoms with Gasteiger partial charge in [-0.3, -0.25) is 0 Å². The predicted molar refractivity (Wildman–Crippen MR) is 71.6 cm³/mol. The lowest BCUT2D eigenvalue weighted by atomic mass is 10.2. The molecule has 0 unspecified atom stereocenters. The highest BCUT2D eigenvalue weighted by Gasteiger charge is 2.02. The molecule has 0 aliphatic rings. The van der Waals surface area contributed by atoms with Crippen LogP contribution in [0.5, 0.6) is 5.75 Å². The zero-order valence-electron chi connectivity index (χ0n) is 9.52. The molecule has 90 valence electrons. The highest BCUT2D eigenvalue weighted by Crippen LogP contribution is 2.22. The average Bonchev–Trinajstić information content (AvgIpc) is 2.40. The van der Waals surface area contributed by atoms with Crippen LogP contribution in [-0.2, 0) is 6.54 Å². The molecule has 0 aromatic heterocycles. The SMILES string of the molecule is N#Cc1cccc(NCc2cc(Cl)ccc2O)c1. The molecule has 0 aliphatic carbocycles. The number of halogens is 1. The quantitative estimate of drug-likeness (QED) is 0.886. The number of phenolic OH excluding ortho intramolecular Hbond substituents is 1. The van der Waals surface area contributed by atoms with Crippen LogP contribution in [0.1, 0.15) is 11.1 Å². The number of benzene rings is 2. The van der Waals surface area contributed by atoms with Gasteiger partial charge in [-0.15, -0.1) is 0 Å². The van der Waals surface area contributed by atoms with Gasteiger partial charge >= 0.3 is 0 Å². The first-order valence-electron chi connectivity index (χ1n) is 5.40. The Morgan fingerprint density at radius 3 is 2.83 bits per heavy atom. The Bertz CT molecular complexity index is 605. The highest BCUT2D eigenvalue weighted by molar-refractivity contribution is 6.30. The Balaban J connectivity index is 2.11. The second kappa shape index (κ2) is 5.44. The Hall–Kier alpha value is -2.18. The molecule has 0 heterocycles. The van der Waals surface area contributed by atoms with Gasteiger partial charge in [0, 0.05) is 22.8 Å². The minimum absolute atomic E-state index is 0.198. The summed E-state index contributed by atoms with van der Waals surface area (Å²) in [6.45, 7) is 0.446. The molecule has 2 aromatic rings. The van der Waals surface area contributed by atoms with Gasteiger partial charge in [0.25, 0.3) is 0 Å². The first kappa shape index (κ1) is 12.3. The van der Waals surface area contributed by atoms with Crippen LogP contribution in [0.15, 0.2) is 42.5 Å². The first-order valence-corrected chi connectivity index (χ1v) is 5.78. The second-order valence-corrected chi connectivity index (χ2v) is 4.26. The molecule has 2 aromatic carbocycles. The van der Waals surface area contributed by atoms with Crippen LogP contribution in [0, 0.1) is 11.3 Å². The van der Waals surface area contributed by atoms with Crippen molar-refractivity contribution in [1.82, 2.24) is 0 Å². The molecule has 18 heavy (non-hydrogen) atoms. The molecule has 2 rings (SSSR count). The number of aromatic hydroxyl groups is 1. The molecule has 2 N–H and O–H groups in total. The molecule has 0 fully saturated rings. The van der Waals surface area contributed by atoms with E-state index in [2.05, 4.69) is 11.4 Å². The fourth-order valence-electron chi connectivity index (χ4n) is 1.59. The number of nitriles is 1. The standard InChI is InChI=1S/C14H11ClN2O/c15-12-4-5-14(18)11(7-12)9-17-13-3-1-2-10(6-13)8-16/h1-7,17-18H,9H2. The van der Waals surface area contributed by atoms with E-state index in [-0.39, 0.29) is 5.75 Å².